The Labute approximate surface area is 167 Å². The highest BCUT2D eigenvalue weighted by atomic mass is 79.9. The Kier molecular flexibility index (Phi) is 4.87. The number of hydrogen-bond acceptors (Lipinski definition) is 3. The standard InChI is InChI=1S/C22H21BrN2O2/c1-15-8-10-16(11-9-15)19-20(24-12-3-2-4-13-24)22(27)25(21(19)26)18-7-5-6-17(23)14-18/h5-11,14H,2-4,12-13H2,1H3. The van der Waals surface area contributed by atoms with Crippen LogP contribution in [0.1, 0.15) is 30.4 Å². The van der Waals surface area contributed by atoms with Crippen LogP contribution in [-0.2, 0) is 9.59 Å². The molecule has 2 heterocycles. The van der Waals surface area contributed by atoms with Crippen LogP contribution in [-0.4, -0.2) is 29.8 Å². The lowest BCUT2D eigenvalue weighted by atomic mass is 10.0. The van der Waals surface area contributed by atoms with Crippen LogP contribution in [0.3, 0.4) is 0 Å². The van der Waals surface area contributed by atoms with Gasteiger partial charge in [-0.1, -0.05) is 51.8 Å². The van der Waals surface area contributed by atoms with Crippen molar-refractivity contribution in [3.63, 3.8) is 0 Å². The maximum Gasteiger partial charge on any atom is 0.282 e. The molecule has 4 rings (SSSR count). The highest BCUT2D eigenvalue weighted by Gasteiger charge is 2.42. The second kappa shape index (κ2) is 7.31. The van der Waals surface area contributed by atoms with Gasteiger partial charge in [-0.2, -0.15) is 0 Å². The summed E-state index contributed by atoms with van der Waals surface area (Å²) >= 11 is 3.44. The van der Waals surface area contributed by atoms with Crippen molar-refractivity contribution in [3.05, 3.63) is 69.8 Å². The summed E-state index contributed by atoms with van der Waals surface area (Å²) in [5.41, 5.74) is 3.58. The van der Waals surface area contributed by atoms with Gasteiger partial charge in [0.1, 0.15) is 5.70 Å². The number of piperidine rings is 1. The van der Waals surface area contributed by atoms with Gasteiger partial charge in [0.15, 0.2) is 0 Å². The van der Waals surface area contributed by atoms with Crippen LogP contribution in [0.4, 0.5) is 5.69 Å². The Balaban J connectivity index is 1.83. The fourth-order valence-electron chi connectivity index (χ4n) is 3.76. The first-order chi connectivity index (χ1) is 13.1. The zero-order chi connectivity index (χ0) is 19.0. The van der Waals surface area contributed by atoms with E-state index in [-0.39, 0.29) is 11.8 Å². The van der Waals surface area contributed by atoms with Gasteiger partial charge in [-0.3, -0.25) is 9.59 Å². The summed E-state index contributed by atoms with van der Waals surface area (Å²) in [6.45, 7) is 3.64. The van der Waals surface area contributed by atoms with E-state index in [0.717, 1.165) is 41.5 Å². The number of imide groups is 1. The first-order valence-corrected chi connectivity index (χ1v) is 10.1. The molecule has 1 fully saturated rings. The smallest absolute Gasteiger partial charge is 0.282 e. The van der Waals surface area contributed by atoms with Gasteiger partial charge in [-0.05, 0) is 49.9 Å². The molecule has 0 unspecified atom stereocenters. The minimum absolute atomic E-state index is 0.226. The Morgan fingerprint density at radius 2 is 1.59 bits per heavy atom. The molecule has 5 heteroatoms. The molecule has 2 aliphatic rings. The highest BCUT2D eigenvalue weighted by molar-refractivity contribution is 9.10. The van der Waals surface area contributed by atoms with Crippen molar-refractivity contribution < 1.29 is 9.59 Å². The molecule has 27 heavy (non-hydrogen) atoms. The number of aryl methyl sites for hydroxylation is 1. The number of hydrogen-bond donors (Lipinski definition) is 0. The molecule has 2 aliphatic heterocycles. The van der Waals surface area contributed by atoms with Gasteiger partial charge in [0.05, 0.1) is 11.3 Å². The maximum atomic E-state index is 13.4. The third kappa shape index (κ3) is 3.32. The van der Waals surface area contributed by atoms with E-state index in [0.29, 0.717) is 17.0 Å². The van der Waals surface area contributed by atoms with E-state index in [1.54, 1.807) is 6.07 Å². The van der Waals surface area contributed by atoms with Crippen LogP contribution in [0.15, 0.2) is 58.7 Å². The molecule has 2 aromatic rings. The molecule has 0 bridgehead atoms. The second-order valence-electron chi connectivity index (χ2n) is 7.06. The SMILES string of the molecule is Cc1ccc(C2=C(N3CCCCC3)C(=O)N(c3cccc(Br)c3)C2=O)cc1. The van der Waals surface area contributed by atoms with Crippen LogP contribution >= 0.6 is 15.9 Å². The molecule has 0 radical (unpaired) electrons. The second-order valence-corrected chi connectivity index (χ2v) is 7.98. The Bertz CT molecular complexity index is 928. The molecule has 138 valence electrons. The topological polar surface area (TPSA) is 40.6 Å². The monoisotopic (exact) mass is 424 g/mol. The zero-order valence-electron chi connectivity index (χ0n) is 15.2. The third-order valence-electron chi connectivity index (χ3n) is 5.14. The van der Waals surface area contributed by atoms with E-state index in [2.05, 4.69) is 20.8 Å². The Morgan fingerprint density at radius 1 is 0.889 bits per heavy atom. The average Bonchev–Trinajstić information content (AvgIpc) is 2.93. The summed E-state index contributed by atoms with van der Waals surface area (Å²) in [7, 11) is 0. The molecule has 0 N–H and O–H groups in total. The summed E-state index contributed by atoms with van der Waals surface area (Å²) in [5.74, 6) is -0.474. The largest absolute Gasteiger partial charge is 0.366 e. The van der Waals surface area contributed by atoms with Crippen LogP contribution in [0.5, 0.6) is 0 Å². The van der Waals surface area contributed by atoms with Gasteiger partial charge in [0, 0.05) is 17.6 Å². The van der Waals surface area contributed by atoms with Crippen molar-refractivity contribution in [2.45, 2.75) is 26.2 Å². The summed E-state index contributed by atoms with van der Waals surface area (Å²) in [4.78, 5) is 30.1. The molecule has 4 nitrogen and oxygen atoms in total. The Morgan fingerprint density at radius 3 is 2.26 bits per heavy atom. The summed E-state index contributed by atoms with van der Waals surface area (Å²) in [6, 6.07) is 15.2. The first-order valence-electron chi connectivity index (χ1n) is 9.27. The summed E-state index contributed by atoms with van der Waals surface area (Å²) in [5, 5.41) is 0. The first kappa shape index (κ1) is 18.0. The Hall–Kier alpha value is -2.40. The molecule has 0 aliphatic carbocycles. The molecule has 0 aromatic heterocycles. The van der Waals surface area contributed by atoms with E-state index in [1.165, 1.54) is 11.3 Å². The minimum atomic E-state index is -0.248. The number of likely N-dealkylation sites (tertiary alicyclic amines) is 1. The minimum Gasteiger partial charge on any atom is -0.366 e. The van der Waals surface area contributed by atoms with Gasteiger partial charge in [0.25, 0.3) is 11.8 Å². The number of anilines is 1. The lowest BCUT2D eigenvalue weighted by Crippen LogP contribution is -2.37. The van der Waals surface area contributed by atoms with E-state index >= 15 is 0 Å². The van der Waals surface area contributed by atoms with Gasteiger partial charge < -0.3 is 4.90 Å². The summed E-state index contributed by atoms with van der Waals surface area (Å²) in [6.07, 6.45) is 3.26. The maximum absolute atomic E-state index is 13.4. The quantitative estimate of drug-likeness (QED) is 0.679. The van der Waals surface area contributed by atoms with Crippen LogP contribution in [0, 0.1) is 6.92 Å². The van der Waals surface area contributed by atoms with Crippen LogP contribution in [0.2, 0.25) is 0 Å². The van der Waals surface area contributed by atoms with E-state index in [9.17, 15) is 9.59 Å². The van der Waals surface area contributed by atoms with E-state index in [1.807, 2.05) is 49.4 Å². The van der Waals surface area contributed by atoms with Crippen molar-refractivity contribution in [2.24, 2.45) is 0 Å². The number of carbonyl (C=O) groups excluding carboxylic acids is 2. The number of benzene rings is 2. The number of carbonyl (C=O) groups is 2. The molecule has 1 saturated heterocycles. The number of rotatable bonds is 3. The molecular weight excluding hydrogens is 404 g/mol. The fraction of sp³-hybridized carbons (Fsp3) is 0.273. The lowest BCUT2D eigenvalue weighted by Gasteiger charge is -2.29. The van der Waals surface area contributed by atoms with Crippen molar-refractivity contribution in [3.8, 4) is 0 Å². The highest BCUT2D eigenvalue weighted by Crippen LogP contribution is 2.36. The molecule has 0 saturated carbocycles. The van der Waals surface area contributed by atoms with E-state index in [4.69, 9.17) is 0 Å². The third-order valence-corrected chi connectivity index (χ3v) is 5.63. The van der Waals surface area contributed by atoms with Gasteiger partial charge in [-0.25, -0.2) is 4.90 Å². The predicted molar refractivity (Wildman–Crippen MR) is 110 cm³/mol. The van der Waals surface area contributed by atoms with Crippen LogP contribution < -0.4 is 4.90 Å². The van der Waals surface area contributed by atoms with Crippen molar-refractivity contribution >= 4 is 39.0 Å². The van der Waals surface area contributed by atoms with Gasteiger partial charge in [-0.15, -0.1) is 0 Å². The van der Waals surface area contributed by atoms with Crippen molar-refractivity contribution in [1.29, 1.82) is 0 Å². The number of nitrogens with zero attached hydrogens (tertiary/aromatic N) is 2. The molecule has 2 aromatic carbocycles. The normalized spacial score (nSPS) is 17.9. The zero-order valence-corrected chi connectivity index (χ0v) is 16.8. The number of halogens is 1. The molecule has 0 atom stereocenters. The van der Waals surface area contributed by atoms with Crippen molar-refractivity contribution in [1.82, 2.24) is 4.90 Å². The van der Waals surface area contributed by atoms with Crippen LogP contribution in [0.25, 0.3) is 5.57 Å². The molecule has 0 spiro atoms. The van der Waals surface area contributed by atoms with Gasteiger partial charge >= 0.3 is 0 Å². The van der Waals surface area contributed by atoms with Gasteiger partial charge in [0.2, 0.25) is 0 Å². The van der Waals surface area contributed by atoms with Crippen molar-refractivity contribution in [2.75, 3.05) is 18.0 Å². The molecular formula is C22H21BrN2O2. The average molecular weight is 425 g/mol. The number of amides is 2. The predicted octanol–water partition coefficient (Wildman–Crippen LogP) is 4.53. The molecule has 2 amide bonds. The lowest BCUT2D eigenvalue weighted by molar-refractivity contribution is -0.120. The summed E-state index contributed by atoms with van der Waals surface area (Å²) < 4.78 is 0.837. The van der Waals surface area contributed by atoms with E-state index < -0.39 is 0 Å². The fourth-order valence-corrected chi connectivity index (χ4v) is 4.15.